The maximum absolute atomic E-state index is 12.3. The SMILES string of the molecule is CC1(C)O[C@@H]2[C@H](O1)[C@@H](CO)O[C@H]2n1ccnc(C(N)=O)c1=O. The third-order valence-electron chi connectivity index (χ3n) is 3.68. The minimum Gasteiger partial charge on any atom is -0.394 e. The fraction of sp³-hybridized carbons (Fsp3) is 0.615. The largest absolute Gasteiger partial charge is 0.394 e. The quantitative estimate of drug-likeness (QED) is 0.714. The average molecular weight is 311 g/mol. The molecule has 2 saturated heterocycles. The number of aliphatic hydroxyl groups is 1. The van der Waals surface area contributed by atoms with Crippen LogP contribution in [-0.4, -0.2) is 51.3 Å². The maximum Gasteiger partial charge on any atom is 0.284 e. The van der Waals surface area contributed by atoms with Crippen LogP contribution in [-0.2, 0) is 14.2 Å². The second kappa shape index (κ2) is 5.13. The Balaban J connectivity index is 2.01. The summed E-state index contributed by atoms with van der Waals surface area (Å²) >= 11 is 0. The lowest BCUT2D eigenvalue weighted by Crippen LogP contribution is -2.37. The Kier molecular flexibility index (Phi) is 3.52. The van der Waals surface area contributed by atoms with E-state index in [1.807, 2.05) is 0 Å². The van der Waals surface area contributed by atoms with Crippen molar-refractivity contribution in [2.45, 2.75) is 44.2 Å². The minimum atomic E-state index is -0.920. The van der Waals surface area contributed by atoms with Gasteiger partial charge in [-0.05, 0) is 13.8 Å². The van der Waals surface area contributed by atoms with Gasteiger partial charge >= 0.3 is 0 Å². The molecule has 3 heterocycles. The minimum absolute atomic E-state index is 0.278. The van der Waals surface area contributed by atoms with Crippen molar-refractivity contribution in [2.24, 2.45) is 5.73 Å². The first-order chi connectivity index (χ1) is 10.3. The Morgan fingerprint density at radius 1 is 1.45 bits per heavy atom. The Morgan fingerprint density at radius 2 is 2.14 bits per heavy atom. The zero-order valence-electron chi connectivity index (χ0n) is 12.1. The molecular weight excluding hydrogens is 294 g/mol. The van der Waals surface area contributed by atoms with Crippen LogP contribution in [0.4, 0.5) is 0 Å². The van der Waals surface area contributed by atoms with Crippen LogP contribution in [0.2, 0.25) is 0 Å². The molecule has 9 heteroatoms. The molecule has 0 bridgehead atoms. The lowest BCUT2D eigenvalue weighted by Gasteiger charge is -2.24. The van der Waals surface area contributed by atoms with Crippen LogP contribution >= 0.6 is 0 Å². The Labute approximate surface area is 125 Å². The third kappa shape index (κ3) is 2.31. The summed E-state index contributed by atoms with van der Waals surface area (Å²) < 4.78 is 18.3. The van der Waals surface area contributed by atoms with Crippen LogP contribution in [0.15, 0.2) is 17.2 Å². The number of primary amides is 1. The van der Waals surface area contributed by atoms with Crippen LogP contribution in [0.25, 0.3) is 0 Å². The highest BCUT2D eigenvalue weighted by molar-refractivity contribution is 5.90. The number of rotatable bonds is 3. The molecule has 1 aromatic rings. The van der Waals surface area contributed by atoms with Gasteiger partial charge in [-0.15, -0.1) is 0 Å². The molecule has 0 radical (unpaired) electrons. The molecule has 0 aromatic carbocycles. The van der Waals surface area contributed by atoms with Crippen molar-refractivity contribution < 1.29 is 24.1 Å². The number of fused-ring (bicyclic) bond motifs is 1. The van der Waals surface area contributed by atoms with Gasteiger partial charge in [-0.3, -0.25) is 14.2 Å². The summed E-state index contributed by atoms with van der Waals surface area (Å²) in [6.07, 6.45) is 0.0966. The number of aliphatic hydroxyl groups excluding tert-OH is 1. The van der Waals surface area contributed by atoms with E-state index in [0.29, 0.717) is 0 Å². The number of carbonyl (C=O) groups is 1. The summed E-state index contributed by atoms with van der Waals surface area (Å²) in [6, 6.07) is 0. The van der Waals surface area contributed by atoms with Crippen molar-refractivity contribution in [1.29, 1.82) is 0 Å². The summed E-state index contributed by atoms with van der Waals surface area (Å²) in [5.74, 6) is -1.77. The van der Waals surface area contributed by atoms with Gasteiger partial charge in [0.25, 0.3) is 11.5 Å². The van der Waals surface area contributed by atoms with Gasteiger partial charge in [-0.25, -0.2) is 4.98 Å². The van der Waals surface area contributed by atoms with Gasteiger partial charge in [0.15, 0.2) is 17.7 Å². The number of ether oxygens (including phenoxy) is 3. The van der Waals surface area contributed by atoms with Gasteiger partial charge in [0, 0.05) is 12.4 Å². The third-order valence-corrected chi connectivity index (χ3v) is 3.68. The number of hydrogen-bond acceptors (Lipinski definition) is 7. The fourth-order valence-electron chi connectivity index (χ4n) is 2.82. The Morgan fingerprint density at radius 3 is 2.77 bits per heavy atom. The molecule has 22 heavy (non-hydrogen) atoms. The van der Waals surface area contributed by atoms with Crippen LogP contribution < -0.4 is 11.3 Å². The van der Waals surface area contributed by atoms with E-state index in [9.17, 15) is 14.7 Å². The Bertz CT molecular complexity index is 657. The van der Waals surface area contributed by atoms with Crippen LogP contribution in [0, 0.1) is 0 Å². The summed E-state index contributed by atoms with van der Waals surface area (Å²) in [4.78, 5) is 27.2. The van der Waals surface area contributed by atoms with E-state index in [0.717, 1.165) is 0 Å². The second-order valence-corrected chi connectivity index (χ2v) is 5.66. The van der Waals surface area contributed by atoms with Crippen LogP contribution in [0.3, 0.4) is 0 Å². The van der Waals surface area contributed by atoms with Crippen LogP contribution in [0.5, 0.6) is 0 Å². The summed E-state index contributed by atoms with van der Waals surface area (Å²) in [5.41, 5.74) is 4.08. The fourth-order valence-corrected chi connectivity index (χ4v) is 2.82. The van der Waals surface area contributed by atoms with E-state index in [1.54, 1.807) is 13.8 Å². The number of amides is 1. The van der Waals surface area contributed by atoms with Gasteiger partial charge in [-0.2, -0.15) is 0 Å². The molecule has 0 saturated carbocycles. The first kappa shape index (κ1) is 15.1. The molecule has 2 aliphatic rings. The highest BCUT2D eigenvalue weighted by Gasteiger charge is 2.55. The molecule has 3 rings (SSSR count). The van der Waals surface area contributed by atoms with Crippen molar-refractivity contribution in [3.8, 4) is 0 Å². The summed E-state index contributed by atoms with van der Waals surface area (Å²) in [7, 11) is 0. The van der Waals surface area contributed by atoms with E-state index in [4.69, 9.17) is 19.9 Å². The lowest BCUT2D eigenvalue weighted by atomic mass is 10.1. The smallest absolute Gasteiger partial charge is 0.284 e. The molecule has 3 N–H and O–H groups in total. The zero-order chi connectivity index (χ0) is 16.1. The van der Waals surface area contributed by atoms with Gasteiger partial charge in [-0.1, -0.05) is 0 Å². The average Bonchev–Trinajstić information content (AvgIpc) is 2.92. The first-order valence-electron chi connectivity index (χ1n) is 6.83. The normalized spacial score (nSPS) is 32.9. The molecule has 0 spiro atoms. The topological polar surface area (TPSA) is 126 Å². The number of nitrogens with two attached hydrogens (primary N) is 1. The predicted octanol–water partition coefficient (Wildman–Crippen LogP) is -1.25. The highest BCUT2D eigenvalue weighted by Crippen LogP contribution is 2.42. The summed E-state index contributed by atoms with van der Waals surface area (Å²) in [6.45, 7) is 3.20. The second-order valence-electron chi connectivity index (χ2n) is 5.66. The van der Waals surface area contributed by atoms with E-state index in [2.05, 4.69) is 4.98 Å². The molecule has 1 aromatic heterocycles. The summed E-state index contributed by atoms with van der Waals surface area (Å²) in [5, 5.41) is 9.43. The van der Waals surface area contributed by atoms with E-state index in [1.165, 1.54) is 17.0 Å². The first-order valence-corrected chi connectivity index (χ1v) is 6.83. The van der Waals surface area contributed by atoms with Crippen molar-refractivity contribution in [1.82, 2.24) is 9.55 Å². The van der Waals surface area contributed by atoms with Gasteiger partial charge in [0.1, 0.15) is 18.3 Å². The molecule has 2 fully saturated rings. The maximum atomic E-state index is 12.3. The highest BCUT2D eigenvalue weighted by atomic mass is 16.8. The number of hydrogen-bond donors (Lipinski definition) is 2. The lowest BCUT2D eigenvalue weighted by molar-refractivity contribution is -0.200. The zero-order valence-corrected chi connectivity index (χ0v) is 12.1. The molecule has 9 nitrogen and oxygen atoms in total. The molecule has 2 aliphatic heterocycles. The van der Waals surface area contributed by atoms with Gasteiger partial charge in [0.2, 0.25) is 0 Å². The van der Waals surface area contributed by atoms with Gasteiger partial charge < -0.3 is 25.1 Å². The van der Waals surface area contributed by atoms with E-state index >= 15 is 0 Å². The van der Waals surface area contributed by atoms with Gasteiger partial charge in [0.05, 0.1) is 6.61 Å². The molecule has 4 atom stereocenters. The predicted molar refractivity (Wildman–Crippen MR) is 71.8 cm³/mol. The monoisotopic (exact) mass is 311 g/mol. The number of aromatic nitrogens is 2. The van der Waals surface area contributed by atoms with E-state index in [-0.39, 0.29) is 12.3 Å². The number of carbonyl (C=O) groups excluding carboxylic acids is 1. The van der Waals surface area contributed by atoms with Crippen molar-refractivity contribution in [3.05, 3.63) is 28.4 Å². The molecule has 0 unspecified atom stereocenters. The molecule has 120 valence electrons. The van der Waals surface area contributed by atoms with Crippen molar-refractivity contribution >= 4 is 5.91 Å². The molecule has 0 aliphatic carbocycles. The Hall–Kier alpha value is -1.81. The standard InChI is InChI=1S/C13H17N3O6/c1-13(2)21-8-6(5-17)20-12(9(8)22-13)16-4-3-15-7(10(14)18)11(16)19/h3-4,6,8-9,12,17H,5H2,1-2H3,(H2,14,18)/t6-,8-,9-,12-/m1/s1. The molecule has 1 amide bonds. The van der Waals surface area contributed by atoms with Crippen LogP contribution in [0.1, 0.15) is 30.6 Å². The van der Waals surface area contributed by atoms with Crippen molar-refractivity contribution in [3.63, 3.8) is 0 Å². The number of nitrogens with zero attached hydrogens (tertiary/aromatic N) is 2. The van der Waals surface area contributed by atoms with E-state index < -0.39 is 41.8 Å². The van der Waals surface area contributed by atoms with Crippen molar-refractivity contribution in [2.75, 3.05) is 6.61 Å². The molecular formula is C13H17N3O6.